The summed E-state index contributed by atoms with van der Waals surface area (Å²) in [5.41, 5.74) is 7.74. The number of carbonyl (C=O) groups is 2. The quantitative estimate of drug-likeness (QED) is 0.574. The minimum Gasteiger partial charge on any atom is -0.494 e. The first-order chi connectivity index (χ1) is 15.7. The number of hydrogen-bond donors (Lipinski definition) is 2. The Balaban J connectivity index is 1.59. The van der Waals surface area contributed by atoms with Gasteiger partial charge in [0.2, 0.25) is 0 Å². The molecule has 2 amide bonds. The van der Waals surface area contributed by atoms with E-state index in [1.807, 2.05) is 38.1 Å². The van der Waals surface area contributed by atoms with Gasteiger partial charge < -0.3 is 15.8 Å². The molecule has 176 valence electrons. The molecular formula is C26H34N4O3. The standard InChI is InChI=1S/C26H34N4O3/c1-5-13-33-22-11-9-21(10-12-22)23(31)28-16-19-7-6-8-20(14-19)17-30-24(32)26(4,15-18(2)3)29-25(30)27/h6-12,14,18H,5,13,15-17H2,1-4H3,(H2,27,29)(H,28,31). The number of nitrogens with zero attached hydrogens (tertiary/aromatic N) is 2. The van der Waals surface area contributed by atoms with E-state index in [1.54, 1.807) is 29.2 Å². The Morgan fingerprint density at radius 3 is 2.55 bits per heavy atom. The molecule has 1 atom stereocenters. The second-order valence-corrected chi connectivity index (χ2v) is 9.11. The average Bonchev–Trinajstić information content (AvgIpc) is 2.98. The smallest absolute Gasteiger partial charge is 0.257 e. The Hall–Kier alpha value is -3.35. The third-order valence-electron chi connectivity index (χ3n) is 5.52. The number of amides is 2. The fourth-order valence-corrected chi connectivity index (χ4v) is 4.06. The Morgan fingerprint density at radius 1 is 1.18 bits per heavy atom. The van der Waals surface area contributed by atoms with Crippen molar-refractivity contribution in [1.82, 2.24) is 10.2 Å². The van der Waals surface area contributed by atoms with Gasteiger partial charge in [-0.3, -0.25) is 14.5 Å². The lowest BCUT2D eigenvalue weighted by molar-refractivity contribution is -0.131. The fourth-order valence-electron chi connectivity index (χ4n) is 4.06. The van der Waals surface area contributed by atoms with Crippen LogP contribution in [0.15, 0.2) is 53.5 Å². The predicted molar refractivity (Wildman–Crippen MR) is 130 cm³/mol. The summed E-state index contributed by atoms with van der Waals surface area (Å²) >= 11 is 0. The lowest BCUT2D eigenvalue weighted by Crippen LogP contribution is -2.43. The highest BCUT2D eigenvalue weighted by Gasteiger charge is 2.43. The van der Waals surface area contributed by atoms with Crippen molar-refractivity contribution in [2.45, 2.75) is 59.2 Å². The summed E-state index contributed by atoms with van der Waals surface area (Å²) in [4.78, 5) is 31.5. The number of nitrogens with two attached hydrogens (primary N) is 1. The first-order valence-electron chi connectivity index (χ1n) is 11.5. The lowest BCUT2D eigenvalue weighted by Gasteiger charge is -2.23. The summed E-state index contributed by atoms with van der Waals surface area (Å²) in [6.07, 6.45) is 1.59. The summed E-state index contributed by atoms with van der Waals surface area (Å²) in [5, 5.41) is 2.94. The number of nitrogens with one attached hydrogen (secondary N) is 1. The van der Waals surface area contributed by atoms with Crippen LogP contribution in [0.25, 0.3) is 0 Å². The van der Waals surface area contributed by atoms with Crippen LogP contribution >= 0.6 is 0 Å². The fraction of sp³-hybridized carbons (Fsp3) is 0.423. The minimum absolute atomic E-state index is 0.0706. The van der Waals surface area contributed by atoms with E-state index in [0.29, 0.717) is 37.6 Å². The highest BCUT2D eigenvalue weighted by atomic mass is 16.5. The Morgan fingerprint density at radius 2 is 1.88 bits per heavy atom. The number of rotatable bonds is 10. The molecule has 7 heteroatoms. The van der Waals surface area contributed by atoms with Gasteiger partial charge in [0.1, 0.15) is 11.3 Å². The zero-order valence-electron chi connectivity index (χ0n) is 19.9. The van der Waals surface area contributed by atoms with Crippen LogP contribution in [0, 0.1) is 5.92 Å². The summed E-state index contributed by atoms with van der Waals surface area (Å²) < 4.78 is 5.56. The SMILES string of the molecule is CCCOc1ccc(C(=O)NCc2cccc(CN3C(=O)C(C)(CC(C)C)N=C3N)c2)cc1. The normalized spacial score (nSPS) is 17.9. The Kier molecular flexibility index (Phi) is 7.74. The van der Waals surface area contributed by atoms with Gasteiger partial charge in [0.05, 0.1) is 13.2 Å². The summed E-state index contributed by atoms with van der Waals surface area (Å²) in [7, 11) is 0. The number of benzene rings is 2. The molecule has 0 fully saturated rings. The van der Waals surface area contributed by atoms with Crippen molar-refractivity contribution in [1.29, 1.82) is 0 Å². The van der Waals surface area contributed by atoms with Gasteiger partial charge in [0, 0.05) is 12.1 Å². The molecule has 1 heterocycles. The van der Waals surface area contributed by atoms with E-state index in [9.17, 15) is 9.59 Å². The molecule has 3 N–H and O–H groups in total. The first kappa shape index (κ1) is 24.3. The van der Waals surface area contributed by atoms with Crippen LogP contribution in [0.1, 0.15) is 62.0 Å². The maximum absolute atomic E-state index is 13.0. The number of hydrogen-bond acceptors (Lipinski definition) is 5. The highest BCUT2D eigenvalue weighted by molar-refractivity contribution is 6.06. The summed E-state index contributed by atoms with van der Waals surface area (Å²) in [5.74, 6) is 1.12. The van der Waals surface area contributed by atoms with Crippen LogP contribution in [0.5, 0.6) is 5.75 Å². The topological polar surface area (TPSA) is 97.0 Å². The van der Waals surface area contributed by atoms with Gasteiger partial charge >= 0.3 is 0 Å². The number of carbonyl (C=O) groups excluding carboxylic acids is 2. The first-order valence-corrected chi connectivity index (χ1v) is 11.5. The zero-order valence-corrected chi connectivity index (χ0v) is 19.9. The van der Waals surface area contributed by atoms with Gasteiger partial charge in [-0.05, 0) is 61.1 Å². The van der Waals surface area contributed by atoms with E-state index >= 15 is 0 Å². The monoisotopic (exact) mass is 450 g/mol. The van der Waals surface area contributed by atoms with Gasteiger partial charge in [-0.2, -0.15) is 0 Å². The van der Waals surface area contributed by atoms with Crippen molar-refractivity contribution in [3.63, 3.8) is 0 Å². The maximum Gasteiger partial charge on any atom is 0.257 e. The van der Waals surface area contributed by atoms with Gasteiger partial charge in [-0.15, -0.1) is 0 Å². The van der Waals surface area contributed by atoms with Crippen molar-refractivity contribution in [2.75, 3.05) is 6.61 Å². The minimum atomic E-state index is -0.805. The van der Waals surface area contributed by atoms with Crippen LogP contribution in [0.4, 0.5) is 0 Å². The molecule has 7 nitrogen and oxygen atoms in total. The van der Waals surface area contributed by atoms with E-state index in [-0.39, 0.29) is 17.8 Å². The largest absolute Gasteiger partial charge is 0.494 e. The van der Waals surface area contributed by atoms with Gasteiger partial charge in [0.15, 0.2) is 5.96 Å². The molecule has 0 aromatic heterocycles. The molecule has 0 radical (unpaired) electrons. The van der Waals surface area contributed by atoms with Crippen molar-refractivity contribution in [2.24, 2.45) is 16.6 Å². The predicted octanol–water partition coefficient (Wildman–Crippen LogP) is 3.87. The molecular weight excluding hydrogens is 416 g/mol. The van der Waals surface area contributed by atoms with Crippen LogP contribution in [-0.4, -0.2) is 34.8 Å². The molecule has 2 aromatic carbocycles. The zero-order chi connectivity index (χ0) is 24.0. The van der Waals surface area contributed by atoms with Crippen molar-refractivity contribution in [3.05, 3.63) is 65.2 Å². The Labute approximate surface area is 196 Å². The van der Waals surface area contributed by atoms with Crippen molar-refractivity contribution < 1.29 is 14.3 Å². The molecule has 0 aliphatic carbocycles. The molecule has 3 rings (SSSR count). The van der Waals surface area contributed by atoms with E-state index in [1.165, 1.54) is 0 Å². The number of aliphatic imine (C=N–C) groups is 1. The van der Waals surface area contributed by atoms with Crippen molar-refractivity contribution in [3.8, 4) is 5.75 Å². The summed E-state index contributed by atoms with van der Waals surface area (Å²) in [6.45, 7) is 9.41. The second-order valence-electron chi connectivity index (χ2n) is 9.11. The molecule has 0 saturated heterocycles. The molecule has 0 saturated carbocycles. The molecule has 0 spiro atoms. The third kappa shape index (κ3) is 6.12. The number of guanidine groups is 1. The van der Waals surface area contributed by atoms with E-state index in [0.717, 1.165) is 23.3 Å². The summed E-state index contributed by atoms with van der Waals surface area (Å²) in [6, 6.07) is 14.9. The molecule has 2 aromatic rings. The number of ether oxygens (including phenoxy) is 1. The van der Waals surface area contributed by atoms with E-state index in [2.05, 4.69) is 24.2 Å². The van der Waals surface area contributed by atoms with Crippen LogP contribution in [0.3, 0.4) is 0 Å². The molecule has 1 unspecified atom stereocenters. The molecule has 1 aliphatic heterocycles. The van der Waals surface area contributed by atoms with Gasteiger partial charge in [-0.1, -0.05) is 45.0 Å². The van der Waals surface area contributed by atoms with Crippen LogP contribution in [-0.2, 0) is 17.9 Å². The van der Waals surface area contributed by atoms with Gasteiger partial charge in [0.25, 0.3) is 11.8 Å². The average molecular weight is 451 g/mol. The second kappa shape index (κ2) is 10.5. The molecule has 0 bridgehead atoms. The van der Waals surface area contributed by atoms with Crippen LogP contribution in [0.2, 0.25) is 0 Å². The van der Waals surface area contributed by atoms with Gasteiger partial charge in [-0.25, -0.2) is 4.99 Å². The van der Waals surface area contributed by atoms with Crippen LogP contribution < -0.4 is 15.8 Å². The molecule has 1 aliphatic rings. The van der Waals surface area contributed by atoms with Crippen molar-refractivity contribution >= 4 is 17.8 Å². The lowest BCUT2D eigenvalue weighted by atomic mass is 9.91. The van der Waals surface area contributed by atoms with E-state index < -0.39 is 5.54 Å². The maximum atomic E-state index is 13.0. The molecule has 33 heavy (non-hydrogen) atoms. The Bertz CT molecular complexity index is 1020. The highest BCUT2D eigenvalue weighted by Crippen LogP contribution is 2.29. The van der Waals surface area contributed by atoms with E-state index in [4.69, 9.17) is 10.5 Å². The third-order valence-corrected chi connectivity index (χ3v) is 5.52.